The quantitative estimate of drug-likeness (QED) is 0.939. The Morgan fingerprint density at radius 2 is 2.17 bits per heavy atom. The maximum absolute atomic E-state index is 13.6. The number of hydrogen-bond acceptors (Lipinski definition) is 5. The maximum atomic E-state index is 13.6. The SMILES string of the molecule is Cc1cc(N2CCC[C@@H](COc3ccccc3F)C2)nc(N)n1. The summed E-state index contributed by atoms with van der Waals surface area (Å²) in [5, 5.41) is 0. The van der Waals surface area contributed by atoms with E-state index in [1.807, 2.05) is 13.0 Å². The molecule has 0 bridgehead atoms. The highest BCUT2D eigenvalue weighted by Crippen LogP contribution is 2.24. The van der Waals surface area contributed by atoms with Crippen LogP contribution in [0.3, 0.4) is 0 Å². The number of benzene rings is 1. The summed E-state index contributed by atoms with van der Waals surface area (Å²) in [4.78, 5) is 10.6. The van der Waals surface area contributed by atoms with Crippen molar-refractivity contribution in [3.8, 4) is 5.75 Å². The van der Waals surface area contributed by atoms with E-state index in [2.05, 4.69) is 14.9 Å². The second-order valence-corrected chi connectivity index (χ2v) is 5.92. The molecule has 1 aliphatic rings. The lowest BCUT2D eigenvalue weighted by Crippen LogP contribution is -2.38. The smallest absolute Gasteiger partial charge is 0.222 e. The number of piperidine rings is 1. The Labute approximate surface area is 135 Å². The molecule has 0 saturated carbocycles. The molecule has 1 aromatic carbocycles. The van der Waals surface area contributed by atoms with Gasteiger partial charge in [0.15, 0.2) is 11.6 Å². The first-order chi connectivity index (χ1) is 11.1. The van der Waals surface area contributed by atoms with Gasteiger partial charge in [-0.25, -0.2) is 9.37 Å². The fourth-order valence-electron chi connectivity index (χ4n) is 2.92. The third-order valence-electron chi connectivity index (χ3n) is 4.01. The van der Waals surface area contributed by atoms with Gasteiger partial charge in [0.05, 0.1) is 6.61 Å². The van der Waals surface area contributed by atoms with E-state index in [1.54, 1.807) is 18.2 Å². The molecule has 2 aromatic rings. The minimum absolute atomic E-state index is 0.296. The number of ether oxygens (including phenoxy) is 1. The van der Waals surface area contributed by atoms with Crippen LogP contribution in [0.2, 0.25) is 0 Å². The minimum Gasteiger partial charge on any atom is -0.490 e. The highest BCUT2D eigenvalue weighted by Gasteiger charge is 2.22. The normalized spacial score (nSPS) is 18.0. The number of aromatic nitrogens is 2. The Balaban J connectivity index is 1.63. The summed E-state index contributed by atoms with van der Waals surface area (Å²) in [5.41, 5.74) is 6.60. The molecule has 2 N–H and O–H groups in total. The largest absolute Gasteiger partial charge is 0.490 e. The molecule has 1 aromatic heterocycles. The molecule has 0 spiro atoms. The number of nitrogen functional groups attached to an aromatic ring is 1. The predicted octanol–water partition coefficient (Wildman–Crippen LogP) is 2.80. The monoisotopic (exact) mass is 316 g/mol. The molecule has 23 heavy (non-hydrogen) atoms. The number of halogens is 1. The summed E-state index contributed by atoms with van der Waals surface area (Å²) in [6.07, 6.45) is 2.11. The van der Waals surface area contributed by atoms with Gasteiger partial charge in [-0.1, -0.05) is 12.1 Å². The molecule has 2 heterocycles. The Hall–Kier alpha value is -2.37. The molecule has 1 atom stereocenters. The van der Waals surface area contributed by atoms with Gasteiger partial charge in [-0.3, -0.25) is 0 Å². The second kappa shape index (κ2) is 6.81. The Kier molecular flexibility index (Phi) is 4.60. The van der Waals surface area contributed by atoms with E-state index in [9.17, 15) is 4.39 Å². The first-order valence-corrected chi connectivity index (χ1v) is 7.85. The zero-order chi connectivity index (χ0) is 16.2. The van der Waals surface area contributed by atoms with Gasteiger partial charge in [0.25, 0.3) is 0 Å². The van der Waals surface area contributed by atoms with Crippen molar-refractivity contribution in [1.29, 1.82) is 0 Å². The third-order valence-corrected chi connectivity index (χ3v) is 4.01. The number of nitrogens with zero attached hydrogens (tertiary/aromatic N) is 3. The molecule has 3 rings (SSSR count). The van der Waals surface area contributed by atoms with E-state index >= 15 is 0 Å². The van der Waals surface area contributed by atoms with Gasteiger partial charge in [0.1, 0.15) is 5.82 Å². The number of hydrogen-bond donors (Lipinski definition) is 1. The van der Waals surface area contributed by atoms with E-state index in [0.29, 0.717) is 24.2 Å². The van der Waals surface area contributed by atoms with Crippen molar-refractivity contribution in [3.63, 3.8) is 0 Å². The van der Waals surface area contributed by atoms with Crippen LogP contribution in [0.5, 0.6) is 5.75 Å². The van der Waals surface area contributed by atoms with Crippen LogP contribution in [0.15, 0.2) is 30.3 Å². The summed E-state index contributed by atoms with van der Waals surface area (Å²) in [7, 11) is 0. The summed E-state index contributed by atoms with van der Waals surface area (Å²) in [6.45, 7) is 4.16. The van der Waals surface area contributed by atoms with Crippen molar-refractivity contribution in [2.45, 2.75) is 19.8 Å². The summed E-state index contributed by atoms with van der Waals surface area (Å²) in [5.74, 6) is 1.47. The molecular weight excluding hydrogens is 295 g/mol. The van der Waals surface area contributed by atoms with E-state index in [1.165, 1.54) is 6.07 Å². The molecule has 0 aliphatic carbocycles. The van der Waals surface area contributed by atoms with Crippen LogP contribution in [0.1, 0.15) is 18.5 Å². The molecule has 0 radical (unpaired) electrons. The van der Waals surface area contributed by atoms with Crippen LogP contribution in [-0.2, 0) is 0 Å². The number of nitrogens with two attached hydrogens (primary N) is 1. The van der Waals surface area contributed by atoms with Crippen molar-refractivity contribution in [2.24, 2.45) is 5.92 Å². The Morgan fingerprint density at radius 1 is 1.35 bits per heavy atom. The van der Waals surface area contributed by atoms with Crippen molar-refractivity contribution in [2.75, 3.05) is 30.3 Å². The lowest BCUT2D eigenvalue weighted by molar-refractivity contribution is 0.220. The van der Waals surface area contributed by atoms with Gasteiger partial charge in [0.2, 0.25) is 5.95 Å². The molecule has 1 aliphatic heterocycles. The van der Waals surface area contributed by atoms with E-state index in [-0.39, 0.29) is 5.82 Å². The zero-order valence-electron chi connectivity index (χ0n) is 13.2. The minimum atomic E-state index is -0.320. The molecule has 1 fully saturated rings. The highest BCUT2D eigenvalue weighted by atomic mass is 19.1. The van der Waals surface area contributed by atoms with Crippen LogP contribution in [0, 0.1) is 18.7 Å². The van der Waals surface area contributed by atoms with Crippen molar-refractivity contribution in [1.82, 2.24) is 9.97 Å². The first kappa shape index (κ1) is 15.5. The van der Waals surface area contributed by atoms with Crippen LogP contribution < -0.4 is 15.4 Å². The molecule has 0 amide bonds. The zero-order valence-corrected chi connectivity index (χ0v) is 13.2. The number of para-hydroxylation sites is 1. The summed E-state index contributed by atoms with van der Waals surface area (Å²) < 4.78 is 19.3. The summed E-state index contributed by atoms with van der Waals surface area (Å²) in [6, 6.07) is 8.44. The van der Waals surface area contributed by atoms with Crippen molar-refractivity contribution >= 4 is 11.8 Å². The molecular formula is C17H21FN4O. The van der Waals surface area contributed by atoms with Crippen molar-refractivity contribution < 1.29 is 9.13 Å². The third kappa shape index (κ3) is 3.88. The average Bonchev–Trinajstić information content (AvgIpc) is 2.53. The Bertz CT molecular complexity index is 659. The standard InChI is InChI=1S/C17H21FN4O/c1-12-9-16(21-17(19)20-12)22-8-4-5-13(10-22)11-23-15-7-3-2-6-14(15)18/h2-3,6-7,9,13H,4-5,8,10-11H2,1H3,(H2,19,20,21)/t13-/m1/s1. The van der Waals surface area contributed by atoms with E-state index < -0.39 is 0 Å². The van der Waals surface area contributed by atoms with Crippen LogP contribution >= 0.6 is 0 Å². The van der Waals surface area contributed by atoms with Crippen LogP contribution in [0.4, 0.5) is 16.2 Å². The lowest BCUT2D eigenvalue weighted by Gasteiger charge is -2.33. The molecule has 122 valence electrons. The molecule has 0 unspecified atom stereocenters. The van der Waals surface area contributed by atoms with Crippen LogP contribution in [0.25, 0.3) is 0 Å². The lowest BCUT2D eigenvalue weighted by atomic mass is 9.99. The molecule has 6 heteroatoms. The topological polar surface area (TPSA) is 64.3 Å². The van der Waals surface area contributed by atoms with Gasteiger partial charge in [-0.2, -0.15) is 4.98 Å². The fraction of sp³-hybridized carbons (Fsp3) is 0.412. The highest BCUT2D eigenvalue weighted by molar-refractivity contribution is 5.43. The van der Waals surface area contributed by atoms with Gasteiger partial charge in [-0.15, -0.1) is 0 Å². The fourth-order valence-corrected chi connectivity index (χ4v) is 2.92. The number of anilines is 2. The molecule has 5 nitrogen and oxygen atoms in total. The second-order valence-electron chi connectivity index (χ2n) is 5.92. The number of rotatable bonds is 4. The van der Waals surface area contributed by atoms with Gasteiger partial charge in [-0.05, 0) is 31.9 Å². The van der Waals surface area contributed by atoms with Gasteiger partial charge in [0, 0.05) is 30.8 Å². The van der Waals surface area contributed by atoms with Gasteiger partial charge >= 0.3 is 0 Å². The molecule has 1 saturated heterocycles. The van der Waals surface area contributed by atoms with E-state index in [4.69, 9.17) is 10.5 Å². The number of aryl methyl sites for hydroxylation is 1. The van der Waals surface area contributed by atoms with Crippen molar-refractivity contribution in [3.05, 3.63) is 41.8 Å². The predicted molar refractivity (Wildman–Crippen MR) is 88.0 cm³/mol. The maximum Gasteiger partial charge on any atom is 0.222 e. The summed E-state index contributed by atoms with van der Waals surface area (Å²) >= 11 is 0. The Morgan fingerprint density at radius 3 is 2.96 bits per heavy atom. The average molecular weight is 316 g/mol. The van der Waals surface area contributed by atoms with Gasteiger partial charge < -0.3 is 15.4 Å². The first-order valence-electron chi connectivity index (χ1n) is 7.85. The van der Waals surface area contributed by atoms with E-state index in [0.717, 1.165) is 37.4 Å². The van der Waals surface area contributed by atoms with Crippen LogP contribution in [-0.4, -0.2) is 29.7 Å².